The van der Waals surface area contributed by atoms with Crippen LogP contribution in [0.2, 0.25) is 0 Å². The number of fused-ring (bicyclic) bond motifs is 1. The number of allylic oxidation sites excluding steroid dienone is 2. The quantitative estimate of drug-likeness (QED) is 0.619. The van der Waals surface area contributed by atoms with Crippen molar-refractivity contribution < 1.29 is 9.47 Å². The van der Waals surface area contributed by atoms with Crippen molar-refractivity contribution in [1.29, 1.82) is 0 Å². The Kier molecular flexibility index (Phi) is 1.63. The molecule has 2 nitrogen and oxygen atoms in total. The zero-order valence-corrected chi connectivity index (χ0v) is 7.51. The molecular formula is C11H8BO2. The molecule has 0 unspecified atom stereocenters. The average molecular weight is 183 g/mol. The van der Waals surface area contributed by atoms with E-state index in [0.717, 1.165) is 17.0 Å². The Labute approximate surface area is 83.1 Å². The fraction of sp³-hybridized carbons (Fsp3) is 0.0909. The van der Waals surface area contributed by atoms with Gasteiger partial charge in [-0.05, 0) is 17.6 Å². The van der Waals surface area contributed by atoms with Gasteiger partial charge in [-0.1, -0.05) is 24.3 Å². The minimum atomic E-state index is -0.276. The van der Waals surface area contributed by atoms with Crippen molar-refractivity contribution in [2.45, 2.75) is 6.29 Å². The van der Waals surface area contributed by atoms with Crippen LogP contribution in [0.5, 0.6) is 11.5 Å². The SMILES string of the molecule is [B]1C=CC=C1C1Oc2ccccc2O1. The Morgan fingerprint density at radius 1 is 1.07 bits per heavy atom. The number of para-hydroxylation sites is 2. The van der Waals surface area contributed by atoms with Gasteiger partial charge in [0.05, 0.1) is 0 Å². The highest BCUT2D eigenvalue weighted by Gasteiger charge is 2.27. The smallest absolute Gasteiger partial charge is 0.256 e. The molecule has 0 bridgehead atoms. The number of benzene rings is 1. The van der Waals surface area contributed by atoms with Gasteiger partial charge in [-0.3, -0.25) is 0 Å². The van der Waals surface area contributed by atoms with Crippen LogP contribution in [0.3, 0.4) is 0 Å². The standard InChI is InChI=1S/C11H8BO2/c1-2-6-10-9(5-1)13-11(14-10)8-4-3-7-12-8/h1-7,11H. The van der Waals surface area contributed by atoms with E-state index < -0.39 is 0 Å². The van der Waals surface area contributed by atoms with Crippen LogP contribution in [0.1, 0.15) is 0 Å². The summed E-state index contributed by atoms with van der Waals surface area (Å²) in [4.78, 5) is 0. The maximum absolute atomic E-state index is 5.63. The van der Waals surface area contributed by atoms with Crippen molar-refractivity contribution in [2.24, 2.45) is 0 Å². The summed E-state index contributed by atoms with van der Waals surface area (Å²) in [6, 6.07) is 7.71. The first-order valence-electron chi connectivity index (χ1n) is 4.57. The Morgan fingerprint density at radius 3 is 2.36 bits per heavy atom. The summed E-state index contributed by atoms with van der Waals surface area (Å²) >= 11 is 0. The summed E-state index contributed by atoms with van der Waals surface area (Å²) in [6.45, 7) is 0. The molecular weight excluding hydrogens is 175 g/mol. The predicted molar refractivity (Wildman–Crippen MR) is 54.5 cm³/mol. The van der Waals surface area contributed by atoms with Gasteiger partial charge in [-0.2, -0.15) is 0 Å². The molecule has 0 spiro atoms. The van der Waals surface area contributed by atoms with Crippen LogP contribution in [-0.4, -0.2) is 13.6 Å². The molecule has 0 aromatic heterocycles. The third kappa shape index (κ3) is 1.13. The van der Waals surface area contributed by atoms with Gasteiger partial charge in [0.1, 0.15) is 0 Å². The van der Waals surface area contributed by atoms with Gasteiger partial charge >= 0.3 is 0 Å². The Morgan fingerprint density at radius 2 is 1.79 bits per heavy atom. The van der Waals surface area contributed by atoms with Crippen molar-refractivity contribution in [1.82, 2.24) is 0 Å². The van der Waals surface area contributed by atoms with Crippen molar-refractivity contribution >= 4 is 7.28 Å². The first-order chi connectivity index (χ1) is 6.93. The van der Waals surface area contributed by atoms with E-state index in [9.17, 15) is 0 Å². The third-order valence-corrected chi connectivity index (χ3v) is 2.28. The fourth-order valence-electron chi connectivity index (χ4n) is 1.58. The molecule has 2 aliphatic rings. The Hall–Kier alpha value is -1.64. The average Bonchev–Trinajstić information content (AvgIpc) is 2.86. The van der Waals surface area contributed by atoms with E-state index in [1.165, 1.54) is 0 Å². The molecule has 3 rings (SSSR count). The van der Waals surface area contributed by atoms with Crippen LogP contribution in [0.15, 0.2) is 47.9 Å². The second-order valence-corrected chi connectivity index (χ2v) is 3.23. The van der Waals surface area contributed by atoms with Crippen LogP contribution in [-0.2, 0) is 0 Å². The monoisotopic (exact) mass is 183 g/mol. The highest BCUT2D eigenvalue weighted by Crippen LogP contribution is 2.36. The van der Waals surface area contributed by atoms with Gasteiger partial charge in [0, 0.05) is 0 Å². The molecule has 0 atom stereocenters. The summed E-state index contributed by atoms with van der Waals surface area (Å²) in [6.07, 6.45) is 3.70. The van der Waals surface area contributed by atoms with E-state index >= 15 is 0 Å². The molecule has 1 aromatic carbocycles. The van der Waals surface area contributed by atoms with Crippen molar-refractivity contribution in [2.75, 3.05) is 0 Å². The molecule has 0 amide bonds. The number of ether oxygens (including phenoxy) is 2. The van der Waals surface area contributed by atoms with E-state index in [4.69, 9.17) is 9.47 Å². The van der Waals surface area contributed by atoms with E-state index in [-0.39, 0.29) is 6.29 Å². The lowest BCUT2D eigenvalue weighted by molar-refractivity contribution is 0.0906. The van der Waals surface area contributed by atoms with Gasteiger partial charge in [0.25, 0.3) is 6.29 Å². The zero-order chi connectivity index (χ0) is 9.38. The van der Waals surface area contributed by atoms with E-state index in [1.54, 1.807) is 0 Å². The molecule has 0 N–H and O–H groups in total. The molecule has 2 aliphatic heterocycles. The maximum Gasteiger partial charge on any atom is 0.256 e. The second-order valence-electron chi connectivity index (χ2n) is 3.23. The van der Waals surface area contributed by atoms with E-state index in [2.05, 4.69) is 0 Å². The molecule has 2 heterocycles. The number of hydrogen-bond acceptors (Lipinski definition) is 2. The van der Waals surface area contributed by atoms with Crippen LogP contribution in [0.25, 0.3) is 0 Å². The molecule has 1 radical (unpaired) electrons. The summed E-state index contributed by atoms with van der Waals surface area (Å²) < 4.78 is 11.3. The molecule has 0 aliphatic carbocycles. The van der Waals surface area contributed by atoms with Gasteiger partial charge in [0.15, 0.2) is 18.8 Å². The van der Waals surface area contributed by atoms with E-state index in [0.29, 0.717) is 0 Å². The summed E-state index contributed by atoms with van der Waals surface area (Å²) in [5.41, 5.74) is 1.06. The molecule has 14 heavy (non-hydrogen) atoms. The summed E-state index contributed by atoms with van der Waals surface area (Å²) in [5.74, 6) is 3.61. The van der Waals surface area contributed by atoms with Crippen LogP contribution in [0.4, 0.5) is 0 Å². The summed E-state index contributed by atoms with van der Waals surface area (Å²) in [7, 11) is 2.00. The van der Waals surface area contributed by atoms with Crippen molar-refractivity contribution in [3.63, 3.8) is 0 Å². The Bertz CT molecular complexity index is 398. The molecule has 0 saturated heterocycles. The van der Waals surface area contributed by atoms with E-state index in [1.807, 2.05) is 49.7 Å². The van der Waals surface area contributed by atoms with Crippen LogP contribution < -0.4 is 9.47 Å². The zero-order valence-electron chi connectivity index (χ0n) is 7.51. The van der Waals surface area contributed by atoms with Crippen molar-refractivity contribution in [3.8, 4) is 11.5 Å². The molecule has 1 aromatic rings. The normalized spacial score (nSPS) is 18.1. The first kappa shape index (κ1) is 7.74. The van der Waals surface area contributed by atoms with Crippen LogP contribution >= 0.6 is 0 Å². The Balaban J connectivity index is 1.85. The maximum atomic E-state index is 5.63. The first-order valence-corrected chi connectivity index (χ1v) is 4.57. The third-order valence-electron chi connectivity index (χ3n) is 2.28. The van der Waals surface area contributed by atoms with Crippen LogP contribution in [0, 0.1) is 0 Å². The number of rotatable bonds is 1. The van der Waals surface area contributed by atoms with Crippen molar-refractivity contribution in [3.05, 3.63) is 47.9 Å². The largest absolute Gasteiger partial charge is 0.448 e. The highest BCUT2D eigenvalue weighted by atomic mass is 16.7. The molecule has 0 saturated carbocycles. The van der Waals surface area contributed by atoms with Gasteiger partial charge in [0.2, 0.25) is 0 Å². The lowest BCUT2D eigenvalue weighted by Crippen LogP contribution is -2.22. The molecule has 0 fully saturated rings. The topological polar surface area (TPSA) is 18.5 Å². The fourth-order valence-corrected chi connectivity index (χ4v) is 1.58. The minimum Gasteiger partial charge on any atom is -0.448 e. The number of hydrogen-bond donors (Lipinski definition) is 0. The van der Waals surface area contributed by atoms with Gasteiger partial charge in [-0.15, -0.1) is 5.98 Å². The summed E-state index contributed by atoms with van der Waals surface area (Å²) in [5, 5.41) is 0. The minimum absolute atomic E-state index is 0.276. The predicted octanol–water partition coefficient (Wildman–Crippen LogP) is 1.90. The molecule has 3 heteroatoms. The highest BCUT2D eigenvalue weighted by molar-refractivity contribution is 6.52. The second kappa shape index (κ2) is 2.94. The lowest BCUT2D eigenvalue weighted by Gasteiger charge is -2.10. The van der Waals surface area contributed by atoms with Gasteiger partial charge in [-0.25, -0.2) is 0 Å². The van der Waals surface area contributed by atoms with Gasteiger partial charge < -0.3 is 9.47 Å². The lowest BCUT2D eigenvalue weighted by atomic mass is 9.72. The molecule has 67 valence electrons.